The summed E-state index contributed by atoms with van der Waals surface area (Å²) in [6.45, 7) is 2.39. The minimum absolute atomic E-state index is 0.0880. The first-order valence-corrected chi connectivity index (χ1v) is 9.17. The zero-order valence-electron chi connectivity index (χ0n) is 15.8. The van der Waals surface area contributed by atoms with Crippen LogP contribution >= 0.6 is 0 Å². The van der Waals surface area contributed by atoms with Crippen LogP contribution in [-0.4, -0.2) is 49.7 Å². The molecule has 7 nitrogen and oxygen atoms in total. The highest BCUT2D eigenvalue weighted by Gasteiger charge is 2.42. The molecule has 146 valence electrons. The topological polar surface area (TPSA) is 74.3 Å². The fraction of sp³-hybridized carbons (Fsp3) is 0.500. The van der Waals surface area contributed by atoms with Gasteiger partial charge in [-0.2, -0.15) is 0 Å². The van der Waals surface area contributed by atoms with Crippen molar-refractivity contribution in [2.45, 2.75) is 38.4 Å². The monoisotopic (exact) mass is 375 g/mol. The molecule has 3 atom stereocenters. The van der Waals surface area contributed by atoms with Crippen LogP contribution in [-0.2, 0) is 14.3 Å². The lowest BCUT2D eigenvalue weighted by Gasteiger charge is -2.37. The van der Waals surface area contributed by atoms with Gasteiger partial charge in [0.25, 0.3) is 0 Å². The predicted molar refractivity (Wildman–Crippen MR) is 97.5 cm³/mol. The van der Waals surface area contributed by atoms with Crippen molar-refractivity contribution in [2.75, 3.05) is 20.7 Å². The summed E-state index contributed by atoms with van der Waals surface area (Å²) in [6.07, 6.45) is 2.14. The van der Waals surface area contributed by atoms with Gasteiger partial charge in [-0.1, -0.05) is 12.1 Å². The number of para-hydroxylation sites is 2. The van der Waals surface area contributed by atoms with E-state index in [9.17, 15) is 9.59 Å². The molecule has 27 heavy (non-hydrogen) atoms. The van der Waals surface area contributed by atoms with E-state index in [1.807, 2.05) is 19.1 Å². The number of hydrogen-bond donors (Lipinski definition) is 0. The number of rotatable bonds is 5. The molecule has 0 N–H and O–H groups in total. The van der Waals surface area contributed by atoms with E-state index < -0.39 is 0 Å². The summed E-state index contributed by atoms with van der Waals surface area (Å²) < 4.78 is 22.5. The molecular formula is C20H25NO6. The zero-order valence-corrected chi connectivity index (χ0v) is 15.8. The highest BCUT2D eigenvalue weighted by Crippen LogP contribution is 2.36. The van der Waals surface area contributed by atoms with E-state index in [0.29, 0.717) is 37.4 Å². The van der Waals surface area contributed by atoms with Crippen LogP contribution in [0.1, 0.15) is 26.2 Å². The maximum absolute atomic E-state index is 12.8. The van der Waals surface area contributed by atoms with Crippen molar-refractivity contribution in [3.63, 3.8) is 0 Å². The van der Waals surface area contributed by atoms with E-state index in [1.54, 1.807) is 26.2 Å². The molecule has 0 radical (unpaired) electrons. The Kier molecular flexibility index (Phi) is 5.88. The Bertz CT molecular complexity index is 729. The van der Waals surface area contributed by atoms with Crippen LogP contribution in [0.25, 0.3) is 0 Å². The minimum atomic E-state index is -0.382. The number of Topliss-reactive ketones (excluding diaryl/α,β-unsaturated/α-hetero) is 1. The first kappa shape index (κ1) is 19.1. The smallest absolute Gasteiger partial charge is 0.409 e. The summed E-state index contributed by atoms with van der Waals surface area (Å²) in [6, 6.07) is 7.21. The minimum Gasteiger partial charge on any atom is -0.493 e. The molecule has 1 amide bonds. The highest BCUT2D eigenvalue weighted by molar-refractivity contribution is 5.96. The van der Waals surface area contributed by atoms with Gasteiger partial charge in [0.1, 0.15) is 18.5 Å². The third kappa shape index (κ3) is 4.35. The molecule has 1 fully saturated rings. The predicted octanol–water partition coefficient (Wildman–Crippen LogP) is 3.14. The summed E-state index contributed by atoms with van der Waals surface area (Å²) in [4.78, 5) is 26.0. The van der Waals surface area contributed by atoms with Gasteiger partial charge in [-0.3, -0.25) is 4.79 Å². The molecule has 2 aliphatic rings. The van der Waals surface area contributed by atoms with Gasteiger partial charge in [0.15, 0.2) is 11.5 Å². The number of nitrogens with zero attached hydrogens (tertiary/aromatic N) is 1. The molecule has 1 heterocycles. The number of fused-ring (bicyclic) bond motifs is 1. The molecule has 7 heteroatoms. The van der Waals surface area contributed by atoms with Crippen LogP contribution in [0, 0.1) is 5.92 Å². The zero-order chi connectivity index (χ0) is 19.4. The van der Waals surface area contributed by atoms with Crippen molar-refractivity contribution in [3.05, 3.63) is 36.3 Å². The third-order valence-corrected chi connectivity index (χ3v) is 4.67. The summed E-state index contributed by atoms with van der Waals surface area (Å²) in [7, 11) is 3.28. The molecule has 0 saturated heterocycles. The van der Waals surface area contributed by atoms with Crippen LogP contribution in [0.3, 0.4) is 0 Å². The molecule has 1 saturated carbocycles. The van der Waals surface area contributed by atoms with Gasteiger partial charge in [0.2, 0.25) is 11.5 Å². The second-order valence-corrected chi connectivity index (χ2v) is 6.82. The second kappa shape index (κ2) is 8.33. The number of allylic oxidation sites excluding steroid dienone is 1. The fourth-order valence-electron chi connectivity index (χ4n) is 3.29. The Morgan fingerprint density at radius 1 is 1.22 bits per heavy atom. The largest absolute Gasteiger partial charge is 0.493 e. The number of ether oxygens (including phenoxy) is 4. The molecule has 0 spiro atoms. The van der Waals surface area contributed by atoms with Crippen molar-refractivity contribution in [2.24, 2.45) is 5.92 Å². The lowest BCUT2D eigenvalue weighted by atomic mass is 9.80. The number of ketones is 1. The van der Waals surface area contributed by atoms with E-state index in [4.69, 9.17) is 18.9 Å². The lowest BCUT2D eigenvalue weighted by Crippen LogP contribution is -2.43. The SMILES string of the molecule is CCOc1ccccc1OC1=COC2CC(OC(=O)N(C)C)CCC2C1=O. The molecule has 0 aromatic heterocycles. The first-order chi connectivity index (χ1) is 13.0. The van der Waals surface area contributed by atoms with Crippen LogP contribution in [0.5, 0.6) is 11.5 Å². The number of hydrogen-bond acceptors (Lipinski definition) is 6. The van der Waals surface area contributed by atoms with Crippen LogP contribution in [0.2, 0.25) is 0 Å². The van der Waals surface area contributed by atoms with Gasteiger partial charge < -0.3 is 23.8 Å². The maximum atomic E-state index is 12.8. The Morgan fingerprint density at radius 2 is 1.96 bits per heavy atom. The van der Waals surface area contributed by atoms with Crippen molar-refractivity contribution in [1.82, 2.24) is 4.90 Å². The van der Waals surface area contributed by atoms with Crippen molar-refractivity contribution < 1.29 is 28.5 Å². The molecule has 1 aliphatic heterocycles. The molecular weight excluding hydrogens is 350 g/mol. The van der Waals surface area contributed by atoms with Crippen molar-refractivity contribution in [1.29, 1.82) is 0 Å². The maximum Gasteiger partial charge on any atom is 0.409 e. The van der Waals surface area contributed by atoms with Gasteiger partial charge in [-0.05, 0) is 31.9 Å². The second-order valence-electron chi connectivity index (χ2n) is 6.82. The Morgan fingerprint density at radius 3 is 2.67 bits per heavy atom. The van der Waals surface area contributed by atoms with Crippen LogP contribution < -0.4 is 9.47 Å². The highest BCUT2D eigenvalue weighted by atomic mass is 16.6. The quantitative estimate of drug-likeness (QED) is 0.787. The Balaban J connectivity index is 1.66. The fourth-order valence-corrected chi connectivity index (χ4v) is 3.29. The van der Waals surface area contributed by atoms with Gasteiger partial charge in [0, 0.05) is 20.5 Å². The van der Waals surface area contributed by atoms with Gasteiger partial charge in [0.05, 0.1) is 12.5 Å². The molecule has 1 aliphatic carbocycles. The molecule has 1 aromatic rings. The van der Waals surface area contributed by atoms with E-state index in [1.165, 1.54) is 11.2 Å². The van der Waals surface area contributed by atoms with Gasteiger partial charge >= 0.3 is 6.09 Å². The summed E-state index contributed by atoms with van der Waals surface area (Å²) >= 11 is 0. The van der Waals surface area contributed by atoms with Crippen LogP contribution in [0.4, 0.5) is 4.79 Å². The third-order valence-electron chi connectivity index (χ3n) is 4.67. The van der Waals surface area contributed by atoms with Gasteiger partial charge in [-0.15, -0.1) is 0 Å². The summed E-state index contributed by atoms with van der Waals surface area (Å²) in [5.41, 5.74) is 0. The average molecular weight is 375 g/mol. The molecule has 3 unspecified atom stereocenters. The van der Waals surface area contributed by atoms with Crippen molar-refractivity contribution >= 4 is 11.9 Å². The summed E-state index contributed by atoms with van der Waals surface area (Å²) in [5, 5.41) is 0. The van der Waals surface area contributed by atoms with Crippen molar-refractivity contribution in [3.8, 4) is 11.5 Å². The van der Waals surface area contributed by atoms with E-state index >= 15 is 0 Å². The van der Waals surface area contributed by atoms with E-state index in [-0.39, 0.29) is 35.8 Å². The molecule has 3 rings (SSSR count). The molecule has 1 aromatic carbocycles. The van der Waals surface area contributed by atoms with Gasteiger partial charge in [-0.25, -0.2) is 4.79 Å². The first-order valence-electron chi connectivity index (χ1n) is 9.17. The lowest BCUT2D eigenvalue weighted by molar-refractivity contribution is -0.132. The molecule has 0 bridgehead atoms. The number of amides is 1. The van der Waals surface area contributed by atoms with E-state index in [2.05, 4.69) is 0 Å². The number of benzene rings is 1. The normalized spacial score (nSPS) is 24.2. The average Bonchev–Trinajstić information content (AvgIpc) is 2.65. The Labute approximate surface area is 158 Å². The van der Waals surface area contributed by atoms with E-state index in [0.717, 1.165) is 0 Å². The summed E-state index contributed by atoms with van der Waals surface area (Å²) in [5.74, 6) is 0.852. The van der Waals surface area contributed by atoms with Crippen LogP contribution in [0.15, 0.2) is 36.3 Å². The standard InChI is InChI=1S/C20H25NO6/c1-4-24-15-7-5-6-8-16(15)27-18-12-25-17-11-13(26-20(23)21(2)3)9-10-14(17)19(18)22/h5-8,12-14,17H,4,9-11H2,1-3H3. The number of carbonyl (C=O) groups is 2. The Hall–Kier alpha value is -2.70. The number of carbonyl (C=O) groups excluding carboxylic acids is 2.